The molecule has 3 heterocycles. The second-order valence-electron chi connectivity index (χ2n) is 5.37. The highest BCUT2D eigenvalue weighted by atomic mass is 16.5. The molecule has 0 aliphatic rings. The van der Waals surface area contributed by atoms with Crippen LogP contribution in [0.2, 0.25) is 0 Å². The van der Waals surface area contributed by atoms with E-state index in [-0.39, 0.29) is 11.9 Å². The Kier molecular flexibility index (Phi) is 3.66. The van der Waals surface area contributed by atoms with Crippen LogP contribution in [0, 0.1) is 6.92 Å². The predicted octanol–water partition coefficient (Wildman–Crippen LogP) is 2.68. The average Bonchev–Trinajstić information content (AvgIpc) is 3.13. The molecule has 1 unspecified atom stereocenters. The lowest BCUT2D eigenvalue weighted by atomic mass is 10.2. The van der Waals surface area contributed by atoms with Gasteiger partial charge in [0.25, 0.3) is 5.91 Å². The molecule has 0 aliphatic carbocycles. The summed E-state index contributed by atoms with van der Waals surface area (Å²) in [5, 5.41) is 6.81. The van der Waals surface area contributed by atoms with Crippen molar-refractivity contribution in [1.29, 1.82) is 0 Å². The van der Waals surface area contributed by atoms with Crippen molar-refractivity contribution in [2.24, 2.45) is 0 Å². The van der Waals surface area contributed by atoms with E-state index in [2.05, 4.69) is 15.5 Å². The van der Waals surface area contributed by atoms with Gasteiger partial charge in [-0.3, -0.25) is 4.79 Å². The summed E-state index contributed by atoms with van der Waals surface area (Å²) in [5.74, 6) is 0.410. The Bertz CT molecular complexity index is 819. The van der Waals surface area contributed by atoms with Crippen molar-refractivity contribution in [3.05, 3.63) is 53.3 Å². The minimum atomic E-state index is -0.258. The summed E-state index contributed by atoms with van der Waals surface area (Å²) >= 11 is 0. The normalized spacial score (nSPS) is 12.5. The Balaban J connectivity index is 1.77. The summed E-state index contributed by atoms with van der Waals surface area (Å²) < 4.78 is 7.08. The number of hydrogen-bond donors (Lipinski definition) is 1. The average molecular weight is 298 g/mol. The summed E-state index contributed by atoms with van der Waals surface area (Å²) in [6.07, 6.45) is 4.46. The van der Waals surface area contributed by atoms with Gasteiger partial charge in [-0.2, -0.15) is 0 Å². The van der Waals surface area contributed by atoms with Crippen molar-refractivity contribution in [1.82, 2.24) is 19.9 Å². The zero-order valence-electron chi connectivity index (χ0n) is 12.8. The molecule has 1 atom stereocenters. The third kappa shape index (κ3) is 2.72. The molecule has 0 saturated carbocycles. The van der Waals surface area contributed by atoms with Crippen LogP contribution in [0.15, 0.2) is 35.1 Å². The van der Waals surface area contributed by atoms with Gasteiger partial charge in [0, 0.05) is 18.5 Å². The van der Waals surface area contributed by atoms with Gasteiger partial charge in [0.1, 0.15) is 11.3 Å². The van der Waals surface area contributed by atoms with E-state index in [1.807, 2.05) is 49.6 Å². The quantitative estimate of drug-likeness (QED) is 0.803. The van der Waals surface area contributed by atoms with Crippen molar-refractivity contribution in [3.63, 3.8) is 0 Å². The van der Waals surface area contributed by atoms with E-state index in [0.29, 0.717) is 11.5 Å². The second kappa shape index (κ2) is 5.63. The Morgan fingerprint density at radius 2 is 2.23 bits per heavy atom. The number of amides is 1. The van der Waals surface area contributed by atoms with Gasteiger partial charge < -0.3 is 14.2 Å². The first-order chi connectivity index (χ1) is 10.6. The molecular weight excluding hydrogens is 280 g/mol. The molecule has 114 valence electrons. The van der Waals surface area contributed by atoms with Crippen LogP contribution < -0.4 is 5.32 Å². The van der Waals surface area contributed by atoms with E-state index in [0.717, 1.165) is 23.3 Å². The molecule has 3 aromatic heterocycles. The molecule has 6 heteroatoms. The smallest absolute Gasteiger partial charge is 0.272 e. The number of aryl methyl sites for hydroxylation is 2. The predicted molar refractivity (Wildman–Crippen MR) is 81.7 cm³/mol. The van der Waals surface area contributed by atoms with Gasteiger partial charge in [-0.15, -0.1) is 0 Å². The molecule has 0 aromatic carbocycles. The molecule has 3 rings (SSSR count). The molecule has 0 fully saturated rings. The van der Waals surface area contributed by atoms with Crippen LogP contribution >= 0.6 is 0 Å². The second-order valence-corrected chi connectivity index (χ2v) is 5.37. The largest absolute Gasteiger partial charge is 0.359 e. The molecule has 0 saturated heterocycles. The highest BCUT2D eigenvalue weighted by molar-refractivity contribution is 5.93. The van der Waals surface area contributed by atoms with Crippen molar-refractivity contribution >= 4 is 11.6 Å². The summed E-state index contributed by atoms with van der Waals surface area (Å²) in [7, 11) is 0. The van der Waals surface area contributed by atoms with E-state index in [1.54, 1.807) is 6.20 Å². The maximum Gasteiger partial charge on any atom is 0.272 e. The monoisotopic (exact) mass is 298 g/mol. The zero-order chi connectivity index (χ0) is 15.7. The first-order valence-electron chi connectivity index (χ1n) is 7.28. The van der Waals surface area contributed by atoms with Crippen LogP contribution in [-0.2, 0) is 6.42 Å². The number of nitrogens with one attached hydrogen (secondary N) is 1. The molecular formula is C16H18N4O2. The van der Waals surface area contributed by atoms with Crippen molar-refractivity contribution in [3.8, 4) is 0 Å². The summed E-state index contributed by atoms with van der Waals surface area (Å²) in [6, 6.07) is 5.46. The van der Waals surface area contributed by atoms with Gasteiger partial charge in [-0.05, 0) is 31.9 Å². The maximum absolute atomic E-state index is 12.3. The van der Waals surface area contributed by atoms with Crippen LogP contribution in [0.4, 0.5) is 0 Å². The maximum atomic E-state index is 12.3. The Morgan fingerprint density at radius 1 is 1.41 bits per heavy atom. The third-order valence-electron chi connectivity index (χ3n) is 3.55. The SMILES string of the molecule is CCc1cc(C(C)NC(=O)c2cn3cc(C)ccc3n2)on1. The fourth-order valence-electron chi connectivity index (χ4n) is 2.25. The molecule has 6 nitrogen and oxygen atoms in total. The van der Waals surface area contributed by atoms with E-state index in [9.17, 15) is 4.79 Å². The molecule has 0 aliphatic heterocycles. The molecule has 0 bridgehead atoms. The molecule has 22 heavy (non-hydrogen) atoms. The van der Waals surface area contributed by atoms with Crippen molar-refractivity contribution in [2.75, 3.05) is 0 Å². The molecule has 3 aromatic rings. The van der Waals surface area contributed by atoms with Gasteiger partial charge in [0.2, 0.25) is 0 Å². The van der Waals surface area contributed by atoms with Gasteiger partial charge >= 0.3 is 0 Å². The number of nitrogens with zero attached hydrogens (tertiary/aromatic N) is 3. The topological polar surface area (TPSA) is 72.4 Å². The molecule has 1 N–H and O–H groups in total. The fraction of sp³-hybridized carbons (Fsp3) is 0.312. The summed E-state index contributed by atoms with van der Waals surface area (Å²) in [5.41, 5.74) is 3.11. The van der Waals surface area contributed by atoms with Crippen molar-refractivity contribution in [2.45, 2.75) is 33.2 Å². The fourth-order valence-corrected chi connectivity index (χ4v) is 2.25. The van der Waals surface area contributed by atoms with E-state index in [1.165, 1.54) is 0 Å². The van der Waals surface area contributed by atoms with Crippen LogP contribution in [-0.4, -0.2) is 20.4 Å². The first-order valence-corrected chi connectivity index (χ1v) is 7.28. The van der Waals surface area contributed by atoms with E-state index in [4.69, 9.17) is 4.52 Å². The molecule has 1 amide bonds. The minimum Gasteiger partial charge on any atom is -0.359 e. The zero-order valence-corrected chi connectivity index (χ0v) is 12.8. The highest BCUT2D eigenvalue weighted by Crippen LogP contribution is 2.15. The van der Waals surface area contributed by atoms with Crippen LogP contribution in [0.3, 0.4) is 0 Å². The van der Waals surface area contributed by atoms with Crippen LogP contribution in [0.5, 0.6) is 0 Å². The number of rotatable bonds is 4. The number of hydrogen-bond acceptors (Lipinski definition) is 4. The third-order valence-corrected chi connectivity index (χ3v) is 3.55. The van der Waals surface area contributed by atoms with Gasteiger partial charge in [-0.25, -0.2) is 4.98 Å². The number of carbonyl (C=O) groups excluding carboxylic acids is 1. The highest BCUT2D eigenvalue weighted by Gasteiger charge is 2.17. The lowest BCUT2D eigenvalue weighted by Gasteiger charge is -2.08. The molecule has 0 radical (unpaired) electrons. The van der Waals surface area contributed by atoms with Gasteiger partial charge in [0.05, 0.1) is 11.7 Å². The van der Waals surface area contributed by atoms with Crippen molar-refractivity contribution < 1.29 is 9.32 Å². The lowest BCUT2D eigenvalue weighted by Crippen LogP contribution is -2.26. The first kappa shape index (κ1) is 14.3. The van der Waals surface area contributed by atoms with Crippen LogP contribution in [0.1, 0.15) is 47.4 Å². The Labute approximate surface area is 128 Å². The summed E-state index contributed by atoms with van der Waals surface area (Å²) in [4.78, 5) is 16.6. The number of imidazole rings is 1. The van der Waals surface area contributed by atoms with Gasteiger partial charge in [-0.1, -0.05) is 18.1 Å². The lowest BCUT2D eigenvalue weighted by molar-refractivity contribution is 0.0929. The number of fused-ring (bicyclic) bond motifs is 1. The number of aromatic nitrogens is 3. The Hall–Kier alpha value is -2.63. The number of pyridine rings is 1. The standard InChI is InChI=1S/C16H18N4O2/c1-4-12-7-14(22-19-12)11(3)17-16(21)13-9-20-8-10(2)5-6-15(20)18-13/h5-9,11H,4H2,1-3H3,(H,17,21). The minimum absolute atomic E-state index is 0.233. The van der Waals surface area contributed by atoms with Gasteiger partial charge in [0.15, 0.2) is 5.76 Å². The summed E-state index contributed by atoms with van der Waals surface area (Å²) in [6.45, 7) is 5.86. The van der Waals surface area contributed by atoms with E-state index >= 15 is 0 Å². The van der Waals surface area contributed by atoms with Crippen LogP contribution in [0.25, 0.3) is 5.65 Å². The molecule has 0 spiro atoms. The Morgan fingerprint density at radius 3 is 2.95 bits per heavy atom. The number of carbonyl (C=O) groups is 1. The van der Waals surface area contributed by atoms with E-state index < -0.39 is 0 Å².